The van der Waals surface area contributed by atoms with Gasteiger partial charge in [0.05, 0.1) is 13.2 Å². The summed E-state index contributed by atoms with van der Waals surface area (Å²) in [5.41, 5.74) is -0.885. The Bertz CT molecular complexity index is 432. The van der Waals surface area contributed by atoms with Crippen molar-refractivity contribution >= 4 is 16.4 Å². The average molecular weight is 303 g/mol. The van der Waals surface area contributed by atoms with Crippen LogP contribution in [0, 0.1) is 0 Å². The highest BCUT2D eigenvalue weighted by Crippen LogP contribution is 2.21. The predicted octanol–water partition coefficient (Wildman–Crippen LogP) is 1.11. The van der Waals surface area contributed by atoms with Gasteiger partial charge in [-0.3, -0.25) is 0 Å². The molecule has 1 saturated heterocycles. The Morgan fingerprint density at radius 3 is 2.53 bits per heavy atom. The summed E-state index contributed by atoms with van der Waals surface area (Å²) in [7, 11) is -4.32. The fourth-order valence-electron chi connectivity index (χ4n) is 1.27. The molecule has 0 aliphatic carbocycles. The molecule has 1 atom stereocenters. The van der Waals surface area contributed by atoms with E-state index in [1.54, 1.807) is 20.8 Å². The van der Waals surface area contributed by atoms with Gasteiger partial charge in [-0.05, 0) is 20.8 Å². The Morgan fingerprint density at radius 1 is 1.47 bits per heavy atom. The molecular weight excluding hydrogens is 288 g/mol. The second-order valence-electron chi connectivity index (χ2n) is 4.78. The maximum absolute atomic E-state index is 11.8. The van der Waals surface area contributed by atoms with E-state index in [0.717, 1.165) is 0 Å². The molecule has 0 radical (unpaired) electrons. The van der Waals surface area contributed by atoms with Crippen molar-refractivity contribution in [1.29, 1.82) is 0 Å². The van der Waals surface area contributed by atoms with Crippen molar-refractivity contribution in [3.05, 3.63) is 0 Å². The van der Waals surface area contributed by atoms with Gasteiger partial charge in [0.15, 0.2) is 0 Å². The van der Waals surface area contributed by atoms with Crippen LogP contribution in [-0.4, -0.2) is 50.3 Å². The van der Waals surface area contributed by atoms with E-state index in [2.05, 4.69) is 8.92 Å². The summed E-state index contributed by atoms with van der Waals surface area (Å²) < 4.78 is 60.3. The number of hydrogen-bond donors (Lipinski definition) is 0. The number of amides is 1. The molecule has 112 valence electrons. The summed E-state index contributed by atoms with van der Waals surface area (Å²) in [6.45, 7) is 0.575. The summed E-state index contributed by atoms with van der Waals surface area (Å²) in [5, 5.41) is 0. The molecule has 1 aliphatic heterocycles. The molecule has 0 bridgehead atoms. The Balaban J connectivity index is 2.67. The van der Waals surface area contributed by atoms with Crippen LogP contribution in [0.25, 0.3) is 0 Å². The van der Waals surface area contributed by atoms with Crippen LogP contribution in [0.2, 0.25) is 0 Å². The standard InChI is InChI=1S/C9H15F2NO6S/c1-9(2,3)17-8(13)12-4-6(5-16-7(10)11)18-19(12,14)15/h6-7H,4-5H2,1-3H3. The molecule has 1 amide bonds. The summed E-state index contributed by atoms with van der Waals surface area (Å²) in [4.78, 5) is 11.6. The maximum Gasteiger partial charge on any atom is 0.425 e. The monoisotopic (exact) mass is 303 g/mol. The molecule has 1 fully saturated rings. The van der Waals surface area contributed by atoms with Crippen molar-refractivity contribution in [2.75, 3.05) is 13.2 Å². The first-order valence-electron chi connectivity index (χ1n) is 5.35. The molecule has 0 spiro atoms. The Kier molecular flexibility index (Phi) is 4.69. The van der Waals surface area contributed by atoms with Crippen LogP contribution in [-0.2, 0) is 24.0 Å². The summed E-state index contributed by atoms with van der Waals surface area (Å²) >= 11 is 0. The molecule has 0 N–H and O–H groups in total. The Labute approximate surface area is 109 Å². The van der Waals surface area contributed by atoms with Crippen LogP contribution in [0.4, 0.5) is 13.6 Å². The van der Waals surface area contributed by atoms with Gasteiger partial charge in [-0.25, -0.2) is 8.98 Å². The molecule has 0 saturated carbocycles. The molecule has 7 nitrogen and oxygen atoms in total. The van der Waals surface area contributed by atoms with E-state index in [1.165, 1.54) is 0 Å². The Morgan fingerprint density at radius 2 is 2.05 bits per heavy atom. The van der Waals surface area contributed by atoms with E-state index >= 15 is 0 Å². The minimum absolute atomic E-state index is 0.345. The van der Waals surface area contributed by atoms with Crippen LogP contribution >= 0.6 is 0 Å². The van der Waals surface area contributed by atoms with Crippen molar-refractivity contribution in [2.24, 2.45) is 0 Å². The minimum atomic E-state index is -4.32. The zero-order chi connectivity index (χ0) is 14.8. The first kappa shape index (κ1) is 16.1. The van der Waals surface area contributed by atoms with Gasteiger partial charge in [0.25, 0.3) is 0 Å². The quantitative estimate of drug-likeness (QED) is 0.776. The lowest BCUT2D eigenvalue weighted by atomic mass is 10.2. The molecular formula is C9H15F2NO6S. The van der Waals surface area contributed by atoms with Gasteiger partial charge >= 0.3 is 23.0 Å². The number of rotatable bonds is 3. The van der Waals surface area contributed by atoms with Crippen molar-refractivity contribution < 1.29 is 35.6 Å². The highest BCUT2D eigenvalue weighted by molar-refractivity contribution is 7.85. The number of nitrogens with zero attached hydrogens (tertiary/aromatic N) is 1. The molecule has 0 aromatic rings. The molecule has 10 heteroatoms. The lowest BCUT2D eigenvalue weighted by molar-refractivity contribution is -0.142. The average Bonchev–Trinajstić information content (AvgIpc) is 2.48. The fraction of sp³-hybridized carbons (Fsp3) is 0.889. The van der Waals surface area contributed by atoms with Crippen LogP contribution < -0.4 is 0 Å². The Hall–Kier alpha value is -1.00. The van der Waals surface area contributed by atoms with Crippen molar-refractivity contribution in [2.45, 2.75) is 39.1 Å². The van der Waals surface area contributed by atoms with Crippen molar-refractivity contribution in [3.8, 4) is 0 Å². The van der Waals surface area contributed by atoms with Gasteiger partial charge in [0, 0.05) is 0 Å². The molecule has 1 unspecified atom stereocenters. The highest BCUT2D eigenvalue weighted by atomic mass is 32.2. The van der Waals surface area contributed by atoms with E-state index in [0.29, 0.717) is 4.31 Å². The molecule has 19 heavy (non-hydrogen) atoms. The van der Waals surface area contributed by atoms with Crippen molar-refractivity contribution in [3.63, 3.8) is 0 Å². The number of carbonyl (C=O) groups is 1. The molecule has 0 aromatic heterocycles. The highest BCUT2D eigenvalue weighted by Gasteiger charge is 2.43. The molecule has 1 aliphatic rings. The van der Waals surface area contributed by atoms with Gasteiger partial charge in [0.2, 0.25) is 0 Å². The number of ether oxygens (including phenoxy) is 2. The fourth-order valence-corrected chi connectivity index (χ4v) is 2.40. The minimum Gasteiger partial charge on any atom is -0.443 e. The van der Waals surface area contributed by atoms with E-state index in [-0.39, 0.29) is 0 Å². The van der Waals surface area contributed by atoms with Gasteiger partial charge in [-0.1, -0.05) is 0 Å². The van der Waals surface area contributed by atoms with Crippen LogP contribution in [0.3, 0.4) is 0 Å². The third-order valence-corrected chi connectivity index (χ3v) is 3.26. The summed E-state index contributed by atoms with van der Waals surface area (Å²) in [5.74, 6) is 0. The zero-order valence-electron chi connectivity index (χ0n) is 10.6. The second kappa shape index (κ2) is 5.55. The lowest BCUT2D eigenvalue weighted by Gasteiger charge is -2.22. The number of carbonyl (C=O) groups excluding carboxylic acids is 1. The van der Waals surface area contributed by atoms with Crippen LogP contribution in [0.5, 0.6) is 0 Å². The van der Waals surface area contributed by atoms with E-state index < -0.39 is 47.9 Å². The smallest absolute Gasteiger partial charge is 0.425 e. The van der Waals surface area contributed by atoms with E-state index in [1.807, 2.05) is 0 Å². The van der Waals surface area contributed by atoms with E-state index in [9.17, 15) is 22.0 Å². The van der Waals surface area contributed by atoms with Crippen LogP contribution in [0.15, 0.2) is 0 Å². The summed E-state index contributed by atoms with van der Waals surface area (Å²) in [6.07, 6.45) is -2.29. The lowest BCUT2D eigenvalue weighted by Crippen LogP contribution is -2.38. The molecule has 0 aromatic carbocycles. The van der Waals surface area contributed by atoms with E-state index in [4.69, 9.17) is 4.74 Å². The van der Waals surface area contributed by atoms with Gasteiger partial charge < -0.3 is 9.47 Å². The first-order valence-corrected chi connectivity index (χ1v) is 6.71. The van der Waals surface area contributed by atoms with Gasteiger partial charge in [-0.15, -0.1) is 0 Å². The van der Waals surface area contributed by atoms with Crippen LogP contribution in [0.1, 0.15) is 20.8 Å². The second-order valence-corrected chi connectivity index (χ2v) is 6.27. The first-order chi connectivity index (χ1) is 8.51. The third kappa shape index (κ3) is 4.88. The van der Waals surface area contributed by atoms with Gasteiger partial charge in [-0.2, -0.15) is 21.5 Å². The topological polar surface area (TPSA) is 82.1 Å². The van der Waals surface area contributed by atoms with Crippen molar-refractivity contribution in [1.82, 2.24) is 4.31 Å². The normalized spacial score (nSPS) is 22.8. The summed E-state index contributed by atoms with van der Waals surface area (Å²) in [6, 6.07) is 0. The number of hydrogen-bond acceptors (Lipinski definition) is 6. The number of alkyl halides is 2. The zero-order valence-corrected chi connectivity index (χ0v) is 11.4. The molecule has 1 rings (SSSR count). The largest absolute Gasteiger partial charge is 0.443 e. The predicted molar refractivity (Wildman–Crippen MR) is 58.7 cm³/mol. The SMILES string of the molecule is CC(C)(C)OC(=O)N1CC(COC(F)F)OS1(=O)=O. The van der Waals surface area contributed by atoms with Gasteiger partial charge in [0.1, 0.15) is 11.7 Å². The number of halogens is 2. The third-order valence-electron chi connectivity index (χ3n) is 1.90. The molecule has 1 heterocycles. The maximum atomic E-state index is 11.8.